The van der Waals surface area contributed by atoms with Crippen molar-refractivity contribution in [2.24, 2.45) is 0 Å². The Hall–Kier alpha value is -2.92. The number of hydrogen-bond donors (Lipinski definition) is 0. The molecule has 4 rings (SSSR count). The number of aryl methyl sites for hydroxylation is 1. The molecule has 0 N–H and O–H groups in total. The molecule has 0 bridgehead atoms. The highest BCUT2D eigenvalue weighted by Gasteiger charge is 2.41. The Morgan fingerprint density at radius 2 is 1.76 bits per heavy atom. The van der Waals surface area contributed by atoms with Crippen molar-refractivity contribution in [3.8, 4) is 5.75 Å². The minimum atomic E-state index is -0.420. The molecule has 0 saturated heterocycles. The van der Waals surface area contributed by atoms with Crippen LogP contribution in [0.1, 0.15) is 26.4 Å². The van der Waals surface area contributed by atoms with Crippen LogP contribution in [0.15, 0.2) is 42.5 Å². The smallest absolute Gasteiger partial charge is 0.268 e. The van der Waals surface area contributed by atoms with Crippen molar-refractivity contribution in [3.05, 3.63) is 64.3 Å². The van der Waals surface area contributed by atoms with Crippen molar-refractivity contribution in [2.45, 2.75) is 6.92 Å². The van der Waals surface area contributed by atoms with Gasteiger partial charge in [-0.1, -0.05) is 29.8 Å². The van der Waals surface area contributed by atoms with E-state index in [1.54, 1.807) is 31.2 Å². The first kappa shape index (κ1) is 15.6. The number of para-hydroxylation sites is 1. The van der Waals surface area contributed by atoms with E-state index < -0.39 is 11.8 Å². The van der Waals surface area contributed by atoms with Gasteiger partial charge in [0.05, 0.1) is 35.1 Å². The van der Waals surface area contributed by atoms with E-state index in [1.165, 1.54) is 7.11 Å². The molecule has 2 aromatic carbocycles. The molecule has 1 aliphatic rings. The number of ether oxygens (including phenoxy) is 1. The fourth-order valence-electron chi connectivity index (χ4n) is 3.19. The standard InChI is InChI=1S/C19H13ClN2O3/c1-10-16-17(12-5-3-4-6-13(12)21-10)19(24)22(18(16)23)14-9-11(20)7-8-15(14)25-2/h3-9H,1-2H3. The maximum absolute atomic E-state index is 13.1. The quantitative estimate of drug-likeness (QED) is 0.654. The van der Waals surface area contributed by atoms with Crippen LogP contribution in [0.25, 0.3) is 10.9 Å². The minimum Gasteiger partial charge on any atom is -0.495 e. The van der Waals surface area contributed by atoms with Crippen LogP contribution in [0.4, 0.5) is 5.69 Å². The topological polar surface area (TPSA) is 59.5 Å². The number of fused-ring (bicyclic) bond motifs is 3. The summed E-state index contributed by atoms with van der Waals surface area (Å²) in [7, 11) is 1.48. The highest BCUT2D eigenvalue weighted by atomic mass is 35.5. The number of halogens is 1. The van der Waals surface area contributed by atoms with Gasteiger partial charge in [0, 0.05) is 10.4 Å². The lowest BCUT2D eigenvalue weighted by atomic mass is 10.0. The van der Waals surface area contributed by atoms with Gasteiger partial charge in [-0.2, -0.15) is 0 Å². The van der Waals surface area contributed by atoms with Crippen LogP contribution in [0.3, 0.4) is 0 Å². The maximum Gasteiger partial charge on any atom is 0.268 e. The van der Waals surface area contributed by atoms with E-state index in [9.17, 15) is 9.59 Å². The van der Waals surface area contributed by atoms with Gasteiger partial charge in [0.1, 0.15) is 5.75 Å². The lowest BCUT2D eigenvalue weighted by Gasteiger charge is -2.17. The number of rotatable bonds is 2. The van der Waals surface area contributed by atoms with E-state index in [4.69, 9.17) is 16.3 Å². The third kappa shape index (κ3) is 2.20. The Morgan fingerprint density at radius 3 is 2.52 bits per heavy atom. The highest BCUT2D eigenvalue weighted by molar-refractivity contribution is 6.38. The molecule has 1 aromatic heterocycles. The van der Waals surface area contributed by atoms with Crippen molar-refractivity contribution in [1.29, 1.82) is 0 Å². The zero-order chi connectivity index (χ0) is 17.7. The summed E-state index contributed by atoms with van der Waals surface area (Å²) in [5.74, 6) is -0.424. The molecule has 2 amide bonds. The number of amides is 2. The number of carbonyl (C=O) groups excluding carboxylic acids is 2. The second kappa shape index (κ2) is 5.57. The molecule has 0 aliphatic carbocycles. The van der Waals surface area contributed by atoms with E-state index >= 15 is 0 Å². The Morgan fingerprint density at radius 1 is 1.04 bits per heavy atom. The van der Waals surface area contributed by atoms with Crippen LogP contribution in [0.2, 0.25) is 5.02 Å². The van der Waals surface area contributed by atoms with Gasteiger partial charge in [0.15, 0.2) is 0 Å². The third-order valence-corrected chi connectivity index (χ3v) is 4.52. The monoisotopic (exact) mass is 352 g/mol. The molecular weight excluding hydrogens is 340 g/mol. The van der Waals surface area contributed by atoms with Crippen molar-refractivity contribution < 1.29 is 14.3 Å². The van der Waals surface area contributed by atoms with Gasteiger partial charge in [-0.05, 0) is 31.2 Å². The molecule has 1 aliphatic heterocycles. The molecule has 0 unspecified atom stereocenters. The predicted molar refractivity (Wildman–Crippen MR) is 95.6 cm³/mol. The Kier molecular flexibility index (Phi) is 3.47. The van der Waals surface area contributed by atoms with Gasteiger partial charge < -0.3 is 4.74 Å². The van der Waals surface area contributed by atoms with E-state index in [0.29, 0.717) is 44.2 Å². The maximum atomic E-state index is 13.1. The summed E-state index contributed by atoms with van der Waals surface area (Å²) < 4.78 is 5.31. The average Bonchev–Trinajstić information content (AvgIpc) is 2.87. The molecule has 3 aromatic rings. The fraction of sp³-hybridized carbons (Fsp3) is 0.105. The molecule has 2 heterocycles. The zero-order valence-corrected chi connectivity index (χ0v) is 14.3. The number of carbonyl (C=O) groups is 2. The number of aromatic nitrogens is 1. The molecule has 0 saturated carbocycles. The molecule has 124 valence electrons. The van der Waals surface area contributed by atoms with Crippen LogP contribution in [0.5, 0.6) is 5.75 Å². The van der Waals surface area contributed by atoms with Crippen molar-refractivity contribution in [3.63, 3.8) is 0 Å². The van der Waals surface area contributed by atoms with Crippen molar-refractivity contribution in [2.75, 3.05) is 12.0 Å². The fourth-order valence-corrected chi connectivity index (χ4v) is 3.36. The lowest BCUT2D eigenvalue weighted by molar-refractivity contribution is 0.0925. The molecular formula is C19H13ClN2O3. The lowest BCUT2D eigenvalue weighted by Crippen LogP contribution is -2.30. The van der Waals surface area contributed by atoms with Gasteiger partial charge in [-0.15, -0.1) is 0 Å². The summed E-state index contributed by atoms with van der Waals surface area (Å²) in [6.45, 7) is 1.73. The third-order valence-electron chi connectivity index (χ3n) is 4.29. The van der Waals surface area contributed by atoms with E-state index in [-0.39, 0.29) is 0 Å². The average molecular weight is 353 g/mol. The van der Waals surface area contributed by atoms with Gasteiger partial charge in [0.25, 0.3) is 11.8 Å². The minimum absolute atomic E-state index is 0.324. The number of anilines is 1. The molecule has 0 spiro atoms. The SMILES string of the molecule is COc1ccc(Cl)cc1N1C(=O)c2c(C)nc3ccccc3c2C1=O. The van der Waals surface area contributed by atoms with E-state index in [2.05, 4.69) is 4.98 Å². The normalized spacial score (nSPS) is 13.5. The second-order valence-electron chi connectivity index (χ2n) is 5.73. The summed E-state index contributed by atoms with van der Waals surface area (Å²) in [6, 6.07) is 12.1. The number of benzene rings is 2. The van der Waals surface area contributed by atoms with Crippen molar-refractivity contribution >= 4 is 40.0 Å². The number of imide groups is 1. The Labute approximate surface area is 148 Å². The number of nitrogens with zero attached hydrogens (tertiary/aromatic N) is 2. The van der Waals surface area contributed by atoms with Gasteiger partial charge in [-0.25, -0.2) is 4.90 Å². The van der Waals surface area contributed by atoms with E-state index in [0.717, 1.165) is 4.90 Å². The number of pyridine rings is 1. The number of hydrogen-bond acceptors (Lipinski definition) is 4. The van der Waals surface area contributed by atoms with Crippen LogP contribution < -0.4 is 9.64 Å². The molecule has 0 fully saturated rings. The van der Waals surface area contributed by atoms with Crippen LogP contribution >= 0.6 is 11.6 Å². The van der Waals surface area contributed by atoms with Crippen LogP contribution in [-0.4, -0.2) is 23.9 Å². The molecule has 25 heavy (non-hydrogen) atoms. The first-order valence-electron chi connectivity index (χ1n) is 7.64. The number of methoxy groups -OCH3 is 1. The first-order chi connectivity index (χ1) is 12.0. The van der Waals surface area contributed by atoms with Crippen LogP contribution in [0, 0.1) is 6.92 Å². The zero-order valence-electron chi connectivity index (χ0n) is 13.5. The van der Waals surface area contributed by atoms with Crippen molar-refractivity contribution in [1.82, 2.24) is 4.98 Å². The molecule has 6 heteroatoms. The summed E-state index contributed by atoms with van der Waals surface area (Å²) in [5, 5.41) is 1.07. The van der Waals surface area contributed by atoms with Gasteiger partial charge in [-0.3, -0.25) is 14.6 Å². The summed E-state index contributed by atoms with van der Waals surface area (Å²) in [6.07, 6.45) is 0. The Bertz CT molecular complexity index is 1060. The highest BCUT2D eigenvalue weighted by Crippen LogP contribution is 2.39. The summed E-state index contributed by atoms with van der Waals surface area (Å²) in [4.78, 5) is 31.7. The summed E-state index contributed by atoms with van der Waals surface area (Å²) in [5.41, 5.74) is 2.22. The molecule has 5 nitrogen and oxygen atoms in total. The first-order valence-corrected chi connectivity index (χ1v) is 8.02. The molecule has 0 radical (unpaired) electrons. The van der Waals surface area contributed by atoms with E-state index in [1.807, 2.05) is 18.2 Å². The predicted octanol–water partition coefficient (Wildman–Crippen LogP) is 4.01. The van der Waals surface area contributed by atoms with Crippen LogP contribution in [-0.2, 0) is 0 Å². The largest absolute Gasteiger partial charge is 0.495 e. The molecule has 0 atom stereocenters. The Balaban J connectivity index is 1.99. The summed E-state index contributed by atoms with van der Waals surface area (Å²) >= 11 is 6.07. The van der Waals surface area contributed by atoms with Gasteiger partial charge in [0.2, 0.25) is 0 Å². The van der Waals surface area contributed by atoms with Gasteiger partial charge >= 0.3 is 0 Å². The second-order valence-corrected chi connectivity index (χ2v) is 6.16.